The molecule has 3 rings (SSSR count). The van der Waals surface area contributed by atoms with Crippen molar-refractivity contribution in [3.05, 3.63) is 76.5 Å². The number of aromatic nitrogens is 1. The van der Waals surface area contributed by atoms with Gasteiger partial charge in [-0.05, 0) is 36.4 Å². The number of aryl methyl sites for hydroxylation is 1. The number of carbonyl (C=O) groups excluding carboxylic acids is 1. The maximum absolute atomic E-state index is 12.4. The summed E-state index contributed by atoms with van der Waals surface area (Å²) < 4.78 is 2.18. The van der Waals surface area contributed by atoms with E-state index in [2.05, 4.69) is 34.3 Å². The second-order valence-electron chi connectivity index (χ2n) is 6.79. The smallest absolute Gasteiger partial charge is 0.317 e. The fraction of sp³-hybridized carbons (Fsp3) is 0.286. The van der Waals surface area contributed by atoms with Crippen molar-refractivity contribution in [2.45, 2.75) is 25.9 Å². The summed E-state index contributed by atoms with van der Waals surface area (Å²) in [6.45, 7) is 3.22. The molecule has 146 valence electrons. The fourth-order valence-electron chi connectivity index (χ4n) is 3.20. The van der Waals surface area contributed by atoms with Crippen molar-refractivity contribution in [2.75, 3.05) is 13.6 Å². The molecule has 28 heavy (non-hydrogen) atoms. The molecule has 3 aromatic rings. The summed E-state index contributed by atoms with van der Waals surface area (Å²) in [4.78, 5) is 24.5. The number of rotatable bonds is 7. The summed E-state index contributed by atoms with van der Waals surface area (Å²) >= 11 is 0. The van der Waals surface area contributed by atoms with Crippen LogP contribution in [0.15, 0.2) is 60.8 Å². The highest BCUT2D eigenvalue weighted by Crippen LogP contribution is 2.23. The van der Waals surface area contributed by atoms with E-state index in [-0.39, 0.29) is 17.8 Å². The van der Waals surface area contributed by atoms with Crippen LogP contribution < -0.4 is 5.32 Å². The van der Waals surface area contributed by atoms with Crippen LogP contribution in [-0.2, 0) is 6.54 Å². The van der Waals surface area contributed by atoms with Gasteiger partial charge in [0.05, 0.1) is 11.0 Å². The van der Waals surface area contributed by atoms with E-state index < -0.39 is 4.92 Å². The van der Waals surface area contributed by atoms with Crippen LogP contribution in [0.5, 0.6) is 0 Å². The molecule has 0 aliphatic heterocycles. The first kappa shape index (κ1) is 19.4. The molecule has 0 spiro atoms. The van der Waals surface area contributed by atoms with Crippen LogP contribution in [0.4, 0.5) is 10.5 Å². The third-order valence-corrected chi connectivity index (χ3v) is 5.00. The molecular formula is C21H24N4O3. The van der Waals surface area contributed by atoms with Crippen LogP contribution in [-0.4, -0.2) is 34.0 Å². The maximum atomic E-state index is 12.4. The number of nitrogens with zero attached hydrogens (tertiary/aromatic N) is 3. The number of carbonyl (C=O) groups is 1. The van der Waals surface area contributed by atoms with Crippen LogP contribution in [0.2, 0.25) is 0 Å². The maximum Gasteiger partial charge on any atom is 0.317 e. The van der Waals surface area contributed by atoms with Gasteiger partial charge in [-0.25, -0.2) is 4.79 Å². The summed E-state index contributed by atoms with van der Waals surface area (Å²) in [5, 5.41) is 15.1. The van der Waals surface area contributed by atoms with Crippen LogP contribution in [0, 0.1) is 10.1 Å². The summed E-state index contributed by atoms with van der Waals surface area (Å²) in [7, 11) is 1.69. The van der Waals surface area contributed by atoms with E-state index in [0.29, 0.717) is 6.54 Å². The number of nitrogens with one attached hydrogen (secondary N) is 1. The zero-order valence-corrected chi connectivity index (χ0v) is 16.0. The van der Waals surface area contributed by atoms with E-state index in [4.69, 9.17) is 0 Å². The van der Waals surface area contributed by atoms with E-state index in [1.165, 1.54) is 23.0 Å². The molecule has 0 saturated heterocycles. The average molecular weight is 380 g/mol. The number of nitro benzene ring substituents is 1. The molecule has 0 unspecified atom stereocenters. The van der Waals surface area contributed by atoms with Crippen LogP contribution in [0.3, 0.4) is 0 Å². The topological polar surface area (TPSA) is 80.4 Å². The van der Waals surface area contributed by atoms with Crippen LogP contribution in [0.25, 0.3) is 10.9 Å². The number of para-hydroxylation sites is 1. The van der Waals surface area contributed by atoms with Crippen molar-refractivity contribution < 1.29 is 9.72 Å². The second kappa shape index (κ2) is 8.56. The Hall–Kier alpha value is -3.35. The number of hydrogen-bond donors (Lipinski definition) is 1. The quantitative estimate of drug-likeness (QED) is 0.376. The normalized spacial score (nSPS) is 11.9. The largest absolute Gasteiger partial charge is 0.347 e. The lowest BCUT2D eigenvalue weighted by Crippen LogP contribution is -2.39. The highest BCUT2D eigenvalue weighted by atomic mass is 16.6. The Morgan fingerprint density at radius 3 is 2.79 bits per heavy atom. The predicted octanol–water partition coefficient (Wildman–Crippen LogP) is 4.34. The molecule has 0 aliphatic carbocycles. The van der Waals surface area contributed by atoms with E-state index in [0.717, 1.165) is 18.5 Å². The first-order valence-electron chi connectivity index (χ1n) is 9.26. The Morgan fingerprint density at radius 1 is 1.21 bits per heavy atom. The van der Waals surface area contributed by atoms with Crippen molar-refractivity contribution in [1.82, 2.24) is 14.8 Å². The molecule has 2 amide bonds. The minimum atomic E-state index is -0.429. The number of urea groups is 1. The van der Waals surface area contributed by atoms with Gasteiger partial charge in [0.1, 0.15) is 0 Å². The molecule has 0 saturated carbocycles. The van der Waals surface area contributed by atoms with Gasteiger partial charge in [-0.2, -0.15) is 0 Å². The van der Waals surface area contributed by atoms with Gasteiger partial charge >= 0.3 is 6.03 Å². The summed E-state index contributed by atoms with van der Waals surface area (Å²) in [6, 6.07) is 16.2. The number of amides is 2. The van der Waals surface area contributed by atoms with Crippen molar-refractivity contribution in [3.8, 4) is 0 Å². The molecule has 1 aromatic heterocycles. The second-order valence-corrected chi connectivity index (χ2v) is 6.79. The van der Waals surface area contributed by atoms with Gasteiger partial charge in [0.15, 0.2) is 0 Å². The molecule has 0 fully saturated rings. The minimum absolute atomic E-state index is 0.0251. The van der Waals surface area contributed by atoms with Crippen LogP contribution >= 0.6 is 0 Å². The first-order chi connectivity index (χ1) is 13.5. The van der Waals surface area contributed by atoms with E-state index in [1.54, 1.807) is 24.1 Å². The van der Waals surface area contributed by atoms with Gasteiger partial charge in [-0.15, -0.1) is 0 Å². The zero-order chi connectivity index (χ0) is 20.1. The Bertz CT molecular complexity index is 982. The van der Waals surface area contributed by atoms with Gasteiger partial charge < -0.3 is 14.8 Å². The lowest BCUT2D eigenvalue weighted by atomic mass is 10.1. The van der Waals surface area contributed by atoms with Gasteiger partial charge in [-0.3, -0.25) is 10.1 Å². The molecule has 0 bridgehead atoms. The number of non-ortho nitro benzene ring substituents is 1. The number of fused-ring (bicyclic) bond motifs is 1. The molecule has 1 N–H and O–H groups in total. The third-order valence-electron chi connectivity index (χ3n) is 5.00. The van der Waals surface area contributed by atoms with Gasteiger partial charge in [0.2, 0.25) is 0 Å². The van der Waals surface area contributed by atoms with Gasteiger partial charge in [0.25, 0.3) is 5.69 Å². The molecule has 0 radical (unpaired) electrons. The van der Waals surface area contributed by atoms with Gasteiger partial charge in [0, 0.05) is 44.0 Å². The molecule has 0 aliphatic rings. The number of benzene rings is 2. The highest BCUT2D eigenvalue weighted by Gasteiger charge is 2.19. The van der Waals surface area contributed by atoms with Crippen molar-refractivity contribution in [1.29, 1.82) is 0 Å². The fourth-order valence-corrected chi connectivity index (χ4v) is 3.20. The zero-order valence-electron chi connectivity index (χ0n) is 16.0. The van der Waals surface area contributed by atoms with Gasteiger partial charge in [-0.1, -0.05) is 30.3 Å². The van der Waals surface area contributed by atoms with Crippen molar-refractivity contribution in [2.24, 2.45) is 0 Å². The standard InChI is InChI=1S/C21H24N4O3/c1-16(18-8-5-9-19(15-18)25(27)28)23(2)21(26)22-12-6-13-24-14-11-17-7-3-4-10-20(17)24/h3-5,7-11,14-16H,6,12-13H2,1-2H3,(H,22,26)/t16-/m1/s1. The lowest BCUT2D eigenvalue weighted by molar-refractivity contribution is -0.384. The highest BCUT2D eigenvalue weighted by molar-refractivity contribution is 5.79. The van der Waals surface area contributed by atoms with E-state index in [9.17, 15) is 14.9 Å². The monoisotopic (exact) mass is 380 g/mol. The number of hydrogen-bond acceptors (Lipinski definition) is 3. The molecule has 7 nitrogen and oxygen atoms in total. The van der Waals surface area contributed by atoms with E-state index in [1.807, 2.05) is 19.1 Å². The molecular weight excluding hydrogens is 356 g/mol. The first-order valence-corrected chi connectivity index (χ1v) is 9.26. The summed E-state index contributed by atoms with van der Waals surface area (Å²) in [5.74, 6) is 0. The van der Waals surface area contributed by atoms with Crippen LogP contribution in [0.1, 0.15) is 24.9 Å². The SMILES string of the molecule is C[C@H](c1cccc([N+](=O)[O-])c1)N(C)C(=O)NCCCn1ccc2ccccc21. The molecule has 1 heterocycles. The third kappa shape index (κ3) is 4.31. The molecule has 1 atom stereocenters. The molecule has 7 heteroatoms. The number of nitro groups is 1. The Morgan fingerprint density at radius 2 is 2.00 bits per heavy atom. The molecule has 2 aromatic carbocycles. The average Bonchev–Trinajstić information content (AvgIpc) is 3.13. The summed E-state index contributed by atoms with van der Waals surface area (Å²) in [5.41, 5.74) is 1.94. The minimum Gasteiger partial charge on any atom is -0.347 e. The van der Waals surface area contributed by atoms with Crippen molar-refractivity contribution in [3.63, 3.8) is 0 Å². The Kier molecular flexibility index (Phi) is 5.93. The van der Waals surface area contributed by atoms with Crippen molar-refractivity contribution >= 4 is 22.6 Å². The predicted molar refractivity (Wildman–Crippen MR) is 109 cm³/mol. The lowest BCUT2D eigenvalue weighted by Gasteiger charge is -2.25. The Labute approximate surface area is 163 Å². The summed E-state index contributed by atoms with van der Waals surface area (Å²) in [6.07, 6.45) is 2.87. The van der Waals surface area contributed by atoms with E-state index >= 15 is 0 Å². The Balaban J connectivity index is 1.51.